The van der Waals surface area contributed by atoms with Crippen LogP contribution in [0.3, 0.4) is 0 Å². The summed E-state index contributed by atoms with van der Waals surface area (Å²) in [5, 5.41) is 11.2. The van der Waals surface area contributed by atoms with Gasteiger partial charge in [0.05, 0.1) is 16.3 Å². The summed E-state index contributed by atoms with van der Waals surface area (Å²) in [6.07, 6.45) is 5.40. The second-order valence-electron chi connectivity index (χ2n) is 5.80. The standard InChI is InChI=1S/C17H26N2O2S/c1-3-12(4-2)8-9-14(18)15(20)11-21-16-6-5-7-17-13(16)10-19-22-17/h5-7,10,12,14-15,20H,3-4,8-9,11,18H2,1-2H3. The quantitative estimate of drug-likeness (QED) is 0.740. The van der Waals surface area contributed by atoms with Gasteiger partial charge in [-0.1, -0.05) is 32.8 Å². The number of nitrogens with zero attached hydrogens (tertiary/aromatic N) is 1. The van der Waals surface area contributed by atoms with Gasteiger partial charge in [0.15, 0.2) is 0 Å². The van der Waals surface area contributed by atoms with Gasteiger partial charge in [0.2, 0.25) is 0 Å². The van der Waals surface area contributed by atoms with Gasteiger partial charge in [0.1, 0.15) is 18.5 Å². The molecule has 22 heavy (non-hydrogen) atoms. The third-order valence-corrected chi connectivity index (χ3v) is 5.09. The maximum atomic E-state index is 10.2. The third-order valence-electron chi connectivity index (χ3n) is 4.33. The van der Waals surface area contributed by atoms with Crippen LogP contribution in [0, 0.1) is 5.92 Å². The monoisotopic (exact) mass is 322 g/mol. The van der Waals surface area contributed by atoms with Crippen molar-refractivity contribution < 1.29 is 9.84 Å². The van der Waals surface area contributed by atoms with E-state index in [1.165, 1.54) is 24.4 Å². The summed E-state index contributed by atoms with van der Waals surface area (Å²) in [4.78, 5) is 0. The Hall–Kier alpha value is -1.17. The first-order chi connectivity index (χ1) is 10.7. The van der Waals surface area contributed by atoms with Crippen molar-refractivity contribution in [2.45, 2.75) is 51.7 Å². The Kier molecular flexibility index (Phi) is 6.61. The van der Waals surface area contributed by atoms with Crippen molar-refractivity contribution >= 4 is 21.6 Å². The minimum absolute atomic E-state index is 0.221. The Bertz CT molecular complexity index is 569. The fraction of sp³-hybridized carbons (Fsp3) is 0.588. The van der Waals surface area contributed by atoms with Crippen molar-refractivity contribution in [3.8, 4) is 5.75 Å². The Labute approximate surface area is 136 Å². The molecule has 0 amide bonds. The molecule has 1 aromatic carbocycles. The molecule has 0 saturated carbocycles. The molecule has 2 aromatic rings. The Morgan fingerprint density at radius 3 is 2.77 bits per heavy atom. The molecular weight excluding hydrogens is 296 g/mol. The van der Waals surface area contributed by atoms with Gasteiger partial charge in [0, 0.05) is 6.04 Å². The molecule has 0 radical (unpaired) electrons. The predicted octanol–water partition coefficient (Wildman–Crippen LogP) is 3.58. The van der Waals surface area contributed by atoms with Crippen LogP contribution in [0.15, 0.2) is 24.4 Å². The van der Waals surface area contributed by atoms with E-state index in [0.717, 1.165) is 28.7 Å². The molecule has 4 nitrogen and oxygen atoms in total. The molecule has 3 N–H and O–H groups in total. The molecule has 122 valence electrons. The first kappa shape index (κ1) is 17.2. The van der Waals surface area contributed by atoms with Gasteiger partial charge in [-0.3, -0.25) is 0 Å². The molecule has 0 spiro atoms. The fourth-order valence-electron chi connectivity index (χ4n) is 2.61. The van der Waals surface area contributed by atoms with Gasteiger partial charge >= 0.3 is 0 Å². The third kappa shape index (κ3) is 4.41. The SMILES string of the molecule is CCC(CC)CCC(N)C(O)COc1cccc2sncc12. The molecule has 1 aromatic heterocycles. The van der Waals surface area contributed by atoms with Crippen LogP contribution >= 0.6 is 11.5 Å². The Balaban J connectivity index is 1.84. The minimum Gasteiger partial charge on any atom is -0.490 e. The minimum atomic E-state index is -0.642. The fourth-order valence-corrected chi connectivity index (χ4v) is 3.27. The normalized spacial score (nSPS) is 14.4. The van der Waals surface area contributed by atoms with Crippen LogP contribution < -0.4 is 10.5 Å². The summed E-state index contributed by atoms with van der Waals surface area (Å²) in [7, 11) is 0. The van der Waals surface area contributed by atoms with Gasteiger partial charge in [-0.25, -0.2) is 0 Å². The number of benzene rings is 1. The molecule has 2 unspecified atom stereocenters. The van der Waals surface area contributed by atoms with Crippen molar-refractivity contribution in [3.05, 3.63) is 24.4 Å². The van der Waals surface area contributed by atoms with E-state index in [-0.39, 0.29) is 12.6 Å². The predicted molar refractivity (Wildman–Crippen MR) is 92.4 cm³/mol. The topological polar surface area (TPSA) is 68.4 Å². The molecule has 0 aliphatic carbocycles. The zero-order valence-electron chi connectivity index (χ0n) is 13.4. The summed E-state index contributed by atoms with van der Waals surface area (Å²) >= 11 is 1.44. The maximum Gasteiger partial charge on any atom is 0.129 e. The molecule has 1 heterocycles. The first-order valence-electron chi connectivity index (χ1n) is 8.05. The Morgan fingerprint density at radius 2 is 2.05 bits per heavy atom. The average molecular weight is 322 g/mol. The van der Waals surface area contributed by atoms with Crippen LogP contribution in [-0.4, -0.2) is 28.2 Å². The highest BCUT2D eigenvalue weighted by Gasteiger charge is 2.17. The van der Waals surface area contributed by atoms with E-state index in [9.17, 15) is 5.11 Å². The average Bonchev–Trinajstić information content (AvgIpc) is 3.02. The van der Waals surface area contributed by atoms with E-state index in [1.54, 1.807) is 6.20 Å². The molecule has 0 fully saturated rings. The lowest BCUT2D eigenvalue weighted by molar-refractivity contribution is 0.0810. The van der Waals surface area contributed by atoms with Crippen molar-refractivity contribution in [2.24, 2.45) is 11.7 Å². The second kappa shape index (κ2) is 8.46. The number of aliphatic hydroxyl groups is 1. The van der Waals surface area contributed by atoms with E-state index in [2.05, 4.69) is 18.2 Å². The summed E-state index contributed by atoms with van der Waals surface area (Å²) < 4.78 is 11.0. The number of fused-ring (bicyclic) bond motifs is 1. The molecule has 0 bridgehead atoms. The van der Waals surface area contributed by atoms with E-state index in [4.69, 9.17) is 10.5 Å². The highest BCUT2D eigenvalue weighted by atomic mass is 32.1. The van der Waals surface area contributed by atoms with E-state index in [1.807, 2.05) is 18.2 Å². The first-order valence-corrected chi connectivity index (χ1v) is 8.82. The number of ether oxygens (including phenoxy) is 1. The Morgan fingerprint density at radius 1 is 1.27 bits per heavy atom. The second-order valence-corrected chi connectivity index (χ2v) is 6.63. The summed E-state index contributed by atoms with van der Waals surface area (Å²) in [6, 6.07) is 5.62. The van der Waals surface area contributed by atoms with E-state index >= 15 is 0 Å². The summed E-state index contributed by atoms with van der Waals surface area (Å²) in [6.45, 7) is 4.63. The van der Waals surface area contributed by atoms with Crippen molar-refractivity contribution in [2.75, 3.05) is 6.61 Å². The number of hydrogen-bond acceptors (Lipinski definition) is 5. The molecule has 2 atom stereocenters. The van der Waals surface area contributed by atoms with Gasteiger partial charge in [-0.15, -0.1) is 0 Å². The molecule has 5 heteroatoms. The van der Waals surface area contributed by atoms with Crippen molar-refractivity contribution in [1.29, 1.82) is 0 Å². The molecule has 2 rings (SSSR count). The lowest BCUT2D eigenvalue weighted by atomic mass is 9.94. The van der Waals surface area contributed by atoms with Crippen LogP contribution in [0.4, 0.5) is 0 Å². The van der Waals surface area contributed by atoms with Gasteiger partial charge < -0.3 is 15.6 Å². The lowest BCUT2D eigenvalue weighted by Crippen LogP contribution is -2.39. The highest BCUT2D eigenvalue weighted by Crippen LogP contribution is 2.28. The van der Waals surface area contributed by atoms with E-state index < -0.39 is 6.10 Å². The zero-order chi connectivity index (χ0) is 15.9. The van der Waals surface area contributed by atoms with Gasteiger partial charge in [0.25, 0.3) is 0 Å². The number of aliphatic hydroxyl groups excluding tert-OH is 1. The maximum absolute atomic E-state index is 10.2. The van der Waals surface area contributed by atoms with Gasteiger partial charge in [-0.05, 0) is 42.4 Å². The molecular formula is C17H26N2O2S. The van der Waals surface area contributed by atoms with E-state index in [0.29, 0.717) is 5.92 Å². The molecule has 0 aliphatic heterocycles. The number of nitrogens with two attached hydrogens (primary N) is 1. The number of aromatic nitrogens is 1. The highest BCUT2D eigenvalue weighted by molar-refractivity contribution is 7.13. The van der Waals surface area contributed by atoms with Crippen LogP contribution in [0.2, 0.25) is 0 Å². The summed E-state index contributed by atoms with van der Waals surface area (Å²) in [5.41, 5.74) is 6.09. The molecule has 0 saturated heterocycles. The van der Waals surface area contributed by atoms with Gasteiger partial charge in [-0.2, -0.15) is 4.37 Å². The van der Waals surface area contributed by atoms with Crippen molar-refractivity contribution in [1.82, 2.24) is 4.37 Å². The van der Waals surface area contributed by atoms with Crippen molar-refractivity contribution in [3.63, 3.8) is 0 Å². The summed E-state index contributed by atoms with van der Waals surface area (Å²) in [5.74, 6) is 1.46. The van der Waals surface area contributed by atoms with Crippen LogP contribution in [0.1, 0.15) is 39.5 Å². The number of hydrogen-bond donors (Lipinski definition) is 2. The van der Waals surface area contributed by atoms with Crippen LogP contribution in [0.25, 0.3) is 10.1 Å². The largest absolute Gasteiger partial charge is 0.490 e. The smallest absolute Gasteiger partial charge is 0.129 e. The van der Waals surface area contributed by atoms with Crippen LogP contribution in [-0.2, 0) is 0 Å². The lowest BCUT2D eigenvalue weighted by Gasteiger charge is -2.21. The molecule has 0 aliphatic rings. The van der Waals surface area contributed by atoms with Crippen LogP contribution in [0.5, 0.6) is 5.75 Å². The zero-order valence-corrected chi connectivity index (χ0v) is 14.2. The number of rotatable bonds is 9.